The molecule has 1 aliphatic rings. The predicted octanol–water partition coefficient (Wildman–Crippen LogP) is 0.106. The fourth-order valence-corrected chi connectivity index (χ4v) is 1.30. The van der Waals surface area contributed by atoms with Gasteiger partial charge in [-0.05, 0) is 6.07 Å². The minimum Gasteiger partial charge on any atom is -0.476 e. The van der Waals surface area contributed by atoms with Gasteiger partial charge < -0.3 is 10.4 Å². The van der Waals surface area contributed by atoms with Crippen molar-refractivity contribution in [2.75, 3.05) is 6.54 Å². The van der Waals surface area contributed by atoms with Crippen molar-refractivity contribution in [3.8, 4) is 0 Å². The average Bonchev–Trinajstić information content (AvgIpc) is 2.46. The molecule has 0 aromatic carbocycles. The van der Waals surface area contributed by atoms with E-state index in [2.05, 4.69) is 10.4 Å². The van der Waals surface area contributed by atoms with Crippen molar-refractivity contribution in [1.29, 1.82) is 0 Å². The Balaban J connectivity index is 0.000000845. The second-order valence-corrected chi connectivity index (χ2v) is 2.73. The van der Waals surface area contributed by atoms with Gasteiger partial charge in [-0.25, -0.2) is 4.79 Å². The lowest BCUT2D eigenvalue weighted by molar-refractivity contribution is 0.0689. The number of hydrogen-bond donors (Lipinski definition) is 2. The Morgan fingerprint density at radius 2 is 2.46 bits per heavy atom. The highest BCUT2D eigenvalue weighted by atomic mass is 35.5. The summed E-state index contributed by atoms with van der Waals surface area (Å²) >= 11 is 0. The maximum Gasteiger partial charge on any atom is 0.356 e. The molecule has 0 fully saturated rings. The zero-order chi connectivity index (χ0) is 8.55. The number of nitrogens with one attached hydrogen (secondary N) is 1. The molecule has 0 aliphatic carbocycles. The van der Waals surface area contributed by atoms with Gasteiger partial charge in [0.1, 0.15) is 0 Å². The first-order valence-electron chi connectivity index (χ1n) is 3.78. The molecule has 0 saturated heterocycles. The molecular weight excluding hydrogens is 194 g/mol. The van der Waals surface area contributed by atoms with Crippen molar-refractivity contribution in [2.45, 2.75) is 13.1 Å². The van der Waals surface area contributed by atoms with Crippen molar-refractivity contribution in [3.05, 3.63) is 17.5 Å². The summed E-state index contributed by atoms with van der Waals surface area (Å²) in [5, 5.41) is 15.7. The van der Waals surface area contributed by atoms with Crippen LogP contribution in [0.25, 0.3) is 0 Å². The molecule has 1 aromatic heterocycles. The summed E-state index contributed by atoms with van der Waals surface area (Å²) in [6.45, 7) is 2.32. The van der Waals surface area contributed by atoms with Gasteiger partial charge in [-0.1, -0.05) is 0 Å². The van der Waals surface area contributed by atoms with Gasteiger partial charge in [0.25, 0.3) is 0 Å². The summed E-state index contributed by atoms with van der Waals surface area (Å²) in [6, 6.07) is 1.61. The van der Waals surface area contributed by atoms with Crippen LogP contribution >= 0.6 is 12.4 Å². The second kappa shape index (κ2) is 3.76. The third-order valence-corrected chi connectivity index (χ3v) is 1.89. The van der Waals surface area contributed by atoms with Crippen LogP contribution in [-0.4, -0.2) is 27.4 Å². The third kappa shape index (κ3) is 1.81. The van der Waals surface area contributed by atoms with Crippen LogP contribution in [0.1, 0.15) is 16.2 Å². The highest BCUT2D eigenvalue weighted by Crippen LogP contribution is 2.07. The number of hydrogen-bond acceptors (Lipinski definition) is 3. The largest absolute Gasteiger partial charge is 0.476 e. The maximum absolute atomic E-state index is 10.5. The predicted molar refractivity (Wildman–Crippen MR) is 48.1 cm³/mol. The molecule has 0 saturated carbocycles. The Morgan fingerprint density at radius 3 is 3.08 bits per heavy atom. The van der Waals surface area contributed by atoms with E-state index >= 15 is 0 Å². The standard InChI is InChI=1S/C7H9N3O2.ClH/c11-7(12)6-3-5-4-8-1-2-10(5)9-6;/h3,8H,1-2,4H2,(H,11,12);1H. The first-order chi connectivity index (χ1) is 5.77. The summed E-state index contributed by atoms with van der Waals surface area (Å²) < 4.78 is 1.74. The van der Waals surface area contributed by atoms with Gasteiger partial charge in [-0.2, -0.15) is 5.10 Å². The second-order valence-electron chi connectivity index (χ2n) is 2.73. The molecule has 0 radical (unpaired) electrons. The lowest BCUT2D eigenvalue weighted by Gasteiger charge is -2.13. The summed E-state index contributed by atoms with van der Waals surface area (Å²) in [6.07, 6.45) is 0. The first kappa shape index (κ1) is 10.0. The third-order valence-electron chi connectivity index (χ3n) is 1.89. The molecule has 0 unspecified atom stereocenters. The normalized spacial score (nSPS) is 14.5. The van der Waals surface area contributed by atoms with E-state index in [1.54, 1.807) is 10.7 Å². The lowest BCUT2D eigenvalue weighted by Crippen LogP contribution is -2.28. The fraction of sp³-hybridized carbons (Fsp3) is 0.429. The Hall–Kier alpha value is -1.07. The van der Waals surface area contributed by atoms with Crippen molar-refractivity contribution in [2.24, 2.45) is 0 Å². The summed E-state index contributed by atoms with van der Waals surface area (Å²) in [4.78, 5) is 10.5. The first-order valence-corrected chi connectivity index (χ1v) is 3.78. The van der Waals surface area contributed by atoms with Crippen molar-refractivity contribution >= 4 is 18.4 Å². The van der Waals surface area contributed by atoms with Crippen LogP contribution < -0.4 is 5.32 Å². The van der Waals surface area contributed by atoms with Crippen molar-refractivity contribution < 1.29 is 9.90 Å². The van der Waals surface area contributed by atoms with Crippen LogP contribution in [0.2, 0.25) is 0 Å². The highest BCUT2D eigenvalue weighted by molar-refractivity contribution is 5.85. The molecule has 1 aliphatic heterocycles. The number of carboxylic acid groups (broad SMARTS) is 1. The maximum atomic E-state index is 10.5. The number of carbonyl (C=O) groups is 1. The smallest absolute Gasteiger partial charge is 0.356 e. The molecule has 72 valence electrons. The van der Waals surface area contributed by atoms with E-state index in [4.69, 9.17) is 5.11 Å². The molecule has 5 nitrogen and oxygen atoms in total. The Morgan fingerprint density at radius 1 is 1.69 bits per heavy atom. The number of nitrogens with zero attached hydrogens (tertiary/aromatic N) is 2. The number of fused-ring (bicyclic) bond motifs is 1. The monoisotopic (exact) mass is 203 g/mol. The molecule has 6 heteroatoms. The van der Waals surface area contributed by atoms with Gasteiger partial charge >= 0.3 is 5.97 Å². The number of halogens is 1. The average molecular weight is 204 g/mol. The molecule has 0 amide bonds. The number of rotatable bonds is 1. The molecule has 2 N–H and O–H groups in total. The van der Waals surface area contributed by atoms with Crippen LogP contribution in [-0.2, 0) is 13.1 Å². The quantitative estimate of drug-likeness (QED) is 0.680. The van der Waals surface area contributed by atoms with Crippen molar-refractivity contribution in [3.63, 3.8) is 0 Å². The van der Waals surface area contributed by atoms with Gasteiger partial charge in [0, 0.05) is 13.1 Å². The van der Waals surface area contributed by atoms with Crippen LogP contribution in [0.4, 0.5) is 0 Å². The summed E-state index contributed by atoms with van der Waals surface area (Å²) in [5.41, 5.74) is 1.08. The molecule has 2 rings (SSSR count). The van der Waals surface area contributed by atoms with Gasteiger partial charge in [0.05, 0.1) is 12.2 Å². The van der Waals surface area contributed by atoms with Gasteiger partial charge in [-0.3, -0.25) is 4.68 Å². The Kier molecular flexibility index (Phi) is 2.90. The zero-order valence-corrected chi connectivity index (χ0v) is 7.67. The van der Waals surface area contributed by atoms with Crippen LogP contribution in [0.3, 0.4) is 0 Å². The van der Waals surface area contributed by atoms with E-state index < -0.39 is 5.97 Å². The highest BCUT2D eigenvalue weighted by Gasteiger charge is 2.14. The van der Waals surface area contributed by atoms with E-state index in [1.807, 2.05) is 0 Å². The fourth-order valence-electron chi connectivity index (χ4n) is 1.30. The topological polar surface area (TPSA) is 67.1 Å². The zero-order valence-electron chi connectivity index (χ0n) is 6.86. The number of aromatic carboxylic acids is 1. The molecule has 1 aromatic rings. The summed E-state index contributed by atoms with van der Waals surface area (Å²) in [7, 11) is 0. The van der Waals surface area contributed by atoms with E-state index in [0.29, 0.717) is 6.54 Å². The molecular formula is C7H10ClN3O2. The minimum absolute atomic E-state index is 0. The van der Waals surface area contributed by atoms with E-state index in [1.165, 1.54) is 0 Å². The van der Waals surface area contributed by atoms with Gasteiger partial charge in [0.15, 0.2) is 5.69 Å². The van der Waals surface area contributed by atoms with Crippen LogP contribution in [0.5, 0.6) is 0 Å². The van der Waals surface area contributed by atoms with Crippen LogP contribution in [0.15, 0.2) is 6.07 Å². The molecule has 13 heavy (non-hydrogen) atoms. The summed E-state index contributed by atoms with van der Waals surface area (Å²) in [5.74, 6) is -0.961. The van der Waals surface area contributed by atoms with E-state index in [0.717, 1.165) is 18.8 Å². The van der Waals surface area contributed by atoms with E-state index in [-0.39, 0.29) is 18.1 Å². The van der Waals surface area contributed by atoms with Gasteiger partial charge in [-0.15, -0.1) is 12.4 Å². The minimum atomic E-state index is -0.961. The number of aromatic nitrogens is 2. The van der Waals surface area contributed by atoms with Crippen molar-refractivity contribution in [1.82, 2.24) is 15.1 Å². The lowest BCUT2D eigenvalue weighted by atomic mass is 10.3. The van der Waals surface area contributed by atoms with E-state index in [9.17, 15) is 4.79 Å². The molecule has 0 spiro atoms. The molecule has 0 atom stereocenters. The Bertz CT molecular complexity index is 300. The molecule has 0 bridgehead atoms. The SMILES string of the molecule is Cl.O=C(O)c1cc2n(n1)CCNC2. The van der Waals surface area contributed by atoms with Gasteiger partial charge in [0.2, 0.25) is 0 Å². The Labute approximate surface area is 81.2 Å². The van der Waals surface area contributed by atoms with Crippen LogP contribution in [0, 0.1) is 0 Å². The number of carboxylic acids is 1. The molecule has 2 heterocycles.